The molecule has 1 aromatic carbocycles. The van der Waals surface area contributed by atoms with Crippen molar-refractivity contribution in [3.8, 4) is 0 Å². The molecule has 2 aliphatic carbocycles. The Labute approximate surface area is 186 Å². The number of amides is 2. The van der Waals surface area contributed by atoms with Crippen LogP contribution in [0.15, 0.2) is 30.3 Å². The normalized spacial score (nSPS) is 28.8. The van der Waals surface area contributed by atoms with Gasteiger partial charge in [0.2, 0.25) is 0 Å². The Balaban J connectivity index is 1.56. The van der Waals surface area contributed by atoms with Crippen LogP contribution in [0.3, 0.4) is 0 Å². The molecule has 1 heterocycles. The molecule has 0 bridgehead atoms. The van der Waals surface area contributed by atoms with E-state index in [1.165, 1.54) is 24.8 Å². The summed E-state index contributed by atoms with van der Waals surface area (Å²) in [7, 11) is 4.26. The summed E-state index contributed by atoms with van der Waals surface area (Å²) in [6, 6.07) is 10.6. The number of benzene rings is 1. The maximum atomic E-state index is 13.4. The van der Waals surface area contributed by atoms with Crippen LogP contribution >= 0.6 is 0 Å². The summed E-state index contributed by atoms with van der Waals surface area (Å²) in [4.78, 5) is 32.1. The molecule has 0 radical (unpaired) electrons. The summed E-state index contributed by atoms with van der Waals surface area (Å²) in [5.74, 6) is 0.260. The SMILES string of the molecule is CN(C)C1(c2ccccc2)CC2(CN(CC(=O)OC(C)(C)C)C(=O)N2CC2CCC2)C1. The first kappa shape index (κ1) is 22.1. The van der Waals surface area contributed by atoms with Crippen LogP contribution in [0.2, 0.25) is 0 Å². The molecular weight excluding hydrogens is 390 g/mol. The molecule has 6 nitrogen and oxygen atoms in total. The molecule has 4 rings (SSSR count). The second kappa shape index (κ2) is 7.80. The van der Waals surface area contributed by atoms with E-state index in [9.17, 15) is 9.59 Å². The Hall–Kier alpha value is -2.08. The van der Waals surface area contributed by atoms with Crippen molar-refractivity contribution in [1.29, 1.82) is 0 Å². The van der Waals surface area contributed by atoms with E-state index in [2.05, 4.69) is 48.2 Å². The van der Waals surface area contributed by atoms with Crippen LogP contribution in [0.25, 0.3) is 0 Å². The number of nitrogens with zero attached hydrogens (tertiary/aromatic N) is 3. The van der Waals surface area contributed by atoms with E-state index in [-0.39, 0.29) is 29.6 Å². The van der Waals surface area contributed by atoms with Gasteiger partial charge >= 0.3 is 12.0 Å². The topological polar surface area (TPSA) is 53.1 Å². The lowest BCUT2D eigenvalue weighted by molar-refractivity contribution is -0.155. The summed E-state index contributed by atoms with van der Waals surface area (Å²) in [5, 5.41) is 0. The molecule has 6 heteroatoms. The smallest absolute Gasteiger partial charge is 0.326 e. The summed E-state index contributed by atoms with van der Waals surface area (Å²) < 4.78 is 5.51. The second-order valence-corrected chi connectivity index (χ2v) is 11.0. The van der Waals surface area contributed by atoms with Gasteiger partial charge < -0.3 is 14.5 Å². The van der Waals surface area contributed by atoms with E-state index in [4.69, 9.17) is 4.74 Å². The molecule has 31 heavy (non-hydrogen) atoms. The minimum Gasteiger partial charge on any atom is -0.459 e. The minimum absolute atomic E-state index is 0.00169. The van der Waals surface area contributed by atoms with E-state index in [0.29, 0.717) is 12.5 Å². The van der Waals surface area contributed by atoms with Crippen molar-refractivity contribution >= 4 is 12.0 Å². The van der Waals surface area contributed by atoms with E-state index >= 15 is 0 Å². The van der Waals surface area contributed by atoms with Crippen molar-refractivity contribution in [1.82, 2.24) is 14.7 Å². The highest BCUT2D eigenvalue weighted by molar-refractivity contribution is 5.84. The largest absolute Gasteiger partial charge is 0.459 e. The van der Waals surface area contributed by atoms with E-state index in [0.717, 1.165) is 19.4 Å². The second-order valence-electron chi connectivity index (χ2n) is 11.0. The summed E-state index contributed by atoms with van der Waals surface area (Å²) >= 11 is 0. The van der Waals surface area contributed by atoms with Crippen LogP contribution in [-0.2, 0) is 15.1 Å². The molecule has 0 aromatic heterocycles. The third-order valence-corrected chi connectivity index (χ3v) is 7.37. The average Bonchev–Trinajstić information content (AvgIpc) is 2.87. The summed E-state index contributed by atoms with van der Waals surface area (Å²) in [6.07, 6.45) is 5.43. The lowest BCUT2D eigenvalue weighted by Gasteiger charge is -2.61. The number of hydrogen-bond donors (Lipinski definition) is 0. The molecule has 1 spiro atoms. The number of carbonyl (C=O) groups excluding carboxylic acids is 2. The Morgan fingerprint density at radius 2 is 1.81 bits per heavy atom. The fourth-order valence-electron chi connectivity index (χ4n) is 5.61. The van der Waals surface area contributed by atoms with Crippen molar-refractivity contribution in [2.24, 2.45) is 5.92 Å². The van der Waals surface area contributed by atoms with Gasteiger partial charge in [-0.2, -0.15) is 0 Å². The molecule has 0 N–H and O–H groups in total. The Kier molecular flexibility index (Phi) is 5.57. The fraction of sp³-hybridized carbons (Fsp3) is 0.680. The Bertz CT molecular complexity index is 820. The third-order valence-electron chi connectivity index (χ3n) is 7.37. The molecule has 1 saturated heterocycles. The molecule has 1 aromatic rings. The first-order valence-corrected chi connectivity index (χ1v) is 11.6. The molecule has 0 atom stereocenters. The minimum atomic E-state index is -0.549. The molecule has 2 saturated carbocycles. The predicted octanol–water partition coefficient (Wildman–Crippen LogP) is 3.86. The molecule has 3 aliphatic rings. The summed E-state index contributed by atoms with van der Waals surface area (Å²) in [6.45, 7) is 7.01. The average molecular weight is 428 g/mol. The van der Waals surface area contributed by atoms with Crippen LogP contribution in [0, 0.1) is 5.92 Å². The van der Waals surface area contributed by atoms with Crippen molar-refractivity contribution in [2.75, 3.05) is 33.7 Å². The monoisotopic (exact) mass is 427 g/mol. The zero-order valence-electron chi connectivity index (χ0n) is 19.7. The van der Waals surface area contributed by atoms with Crippen LogP contribution in [0.1, 0.15) is 58.4 Å². The van der Waals surface area contributed by atoms with Crippen molar-refractivity contribution in [2.45, 2.75) is 69.6 Å². The quantitative estimate of drug-likeness (QED) is 0.647. The fourth-order valence-corrected chi connectivity index (χ4v) is 5.61. The van der Waals surface area contributed by atoms with Gasteiger partial charge in [0.25, 0.3) is 0 Å². The van der Waals surface area contributed by atoms with Gasteiger partial charge in [-0.3, -0.25) is 9.69 Å². The van der Waals surface area contributed by atoms with Gasteiger partial charge in [-0.15, -0.1) is 0 Å². The van der Waals surface area contributed by atoms with E-state index < -0.39 is 5.60 Å². The van der Waals surface area contributed by atoms with Gasteiger partial charge in [0.1, 0.15) is 12.1 Å². The Morgan fingerprint density at radius 3 is 2.32 bits per heavy atom. The number of esters is 1. The molecule has 170 valence electrons. The highest BCUT2D eigenvalue weighted by atomic mass is 16.6. The van der Waals surface area contributed by atoms with Gasteiger partial charge in [-0.25, -0.2) is 4.79 Å². The first-order chi connectivity index (χ1) is 14.5. The third kappa shape index (κ3) is 4.07. The number of rotatable bonds is 6. The van der Waals surface area contributed by atoms with E-state index in [1.54, 1.807) is 4.90 Å². The van der Waals surface area contributed by atoms with Crippen LogP contribution in [0.5, 0.6) is 0 Å². The maximum Gasteiger partial charge on any atom is 0.326 e. The van der Waals surface area contributed by atoms with Crippen molar-refractivity contribution in [3.05, 3.63) is 35.9 Å². The van der Waals surface area contributed by atoms with Gasteiger partial charge in [0.15, 0.2) is 0 Å². The van der Waals surface area contributed by atoms with Crippen molar-refractivity contribution in [3.63, 3.8) is 0 Å². The molecule has 2 amide bonds. The van der Waals surface area contributed by atoms with Gasteiger partial charge in [-0.1, -0.05) is 36.8 Å². The van der Waals surface area contributed by atoms with Crippen LogP contribution in [0.4, 0.5) is 4.79 Å². The number of carbonyl (C=O) groups is 2. The number of hydrogen-bond acceptors (Lipinski definition) is 4. The molecular formula is C25H37N3O3. The lowest BCUT2D eigenvalue weighted by Crippen LogP contribution is -2.68. The molecule has 0 unspecified atom stereocenters. The number of urea groups is 1. The zero-order chi connectivity index (χ0) is 22.4. The predicted molar refractivity (Wildman–Crippen MR) is 121 cm³/mol. The Morgan fingerprint density at radius 1 is 1.16 bits per heavy atom. The van der Waals surface area contributed by atoms with Crippen molar-refractivity contribution < 1.29 is 14.3 Å². The number of ether oxygens (including phenoxy) is 1. The lowest BCUT2D eigenvalue weighted by atomic mass is 9.58. The maximum absolute atomic E-state index is 13.4. The van der Waals surface area contributed by atoms with Gasteiger partial charge in [0.05, 0.1) is 11.1 Å². The molecule has 1 aliphatic heterocycles. The van der Waals surface area contributed by atoms with Crippen LogP contribution in [-0.4, -0.2) is 71.6 Å². The standard InChI is InChI=1S/C25H37N3O3/c1-23(2,3)31-21(29)15-27-18-24(28(22(27)30)14-19-10-9-11-19)16-25(17-24,26(4)5)20-12-7-6-8-13-20/h6-8,12-13,19H,9-11,14-18H2,1-5H3. The van der Waals surface area contributed by atoms with E-state index in [1.807, 2.05) is 26.8 Å². The molecule has 3 fully saturated rings. The highest BCUT2D eigenvalue weighted by Gasteiger charge is 2.64. The summed E-state index contributed by atoms with van der Waals surface area (Å²) in [5.41, 5.74) is 0.454. The van der Waals surface area contributed by atoms with Gasteiger partial charge in [0, 0.05) is 13.1 Å². The van der Waals surface area contributed by atoms with Gasteiger partial charge in [-0.05, 0) is 72.0 Å². The van der Waals surface area contributed by atoms with Crippen LogP contribution < -0.4 is 0 Å². The highest BCUT2D eigenvalue weighted by Crippen LogP contribution is 2.57. The zero-order valence-corrected chi connectivity index (χ0v) is 19.7. The first-order valence-electron chi connectivity index (χ1n) is 11.6.